The van der Waals surface area contributed by atoms with Crippen LogP contribution in [0.2, 0.25) is 0 Å². The van der Waals surface area contributed by atoms with Gasteiger partial charge in [0.25, 0.3) is 0 Å². The summed E-state index contributed by atoms with van der Waals surface area (Å²) in [6, 6.07) is 9.20. The zero-order valence-electron chi connectivity index (χ0n) is 13.0. The quantitative estimate of drug-likeness (QED) is 0.799. The van der Waals surface area contributed by atoms with Gasteiger partial charge in [-0.2, -0.15) is 13.2 Å². The lowest BCUT2D eigenvalue weighted by molar-refractivity contribution is -0.163. The third-order valence-electron chi connectivity index (χ3n) is 3.60. The highest BCUT2D eigenvalue weighted by Crippen LogP contribution is 2.32. The number of alkyl halides is 3. The van der Waals surface area contributed by atoms with Gasteiger partial charge in [-0.05, 0) is 36.6 Å². The second kappa shape index (κ2) is 7.47. The van der Waals surface area contributed by atoms with Crippen LogP contribution < -0.4 is 5.32 Å². The van der Waals surface area contributed by atoms with Crippen molar-refractivity contribution in [3.05, 3.63) is 71.0 Å². The van der Waals surface area contributed by atoms with Gasteiger partial charge >= 0.3 is 6.18 Å². The molecule has 0 fully saturated rings. The molecule has 0 saturated carbocycles. The van der Waals surface area contributed by atoms with E-state index in [1.165, 1.54) is 0 Å². The number of rotatable bonds is 5. The number of carbonyl (C=O) groups excluding carboxylic acids is 1. The third-order valence-corrected chi connectivity index (χ3v) is 3.60. The molecule has 1 amide bonds. The van der Waals surface area contributed by atoms with Crippen molar-refractivity contribution in [3.63, 3.8) is 0 Å². The van der Waals surface area contributed by atoms with E-state index in [9.17, 15) is 22.4 Å². The van der Waals surface area contributed by atoms with Crippen LogP contribution in [-0.2, 0) is 11.2 Å². The molecule has 0 aromatic heterocycles. The van der Waals surface area contributed by atoms with Crippen LogP contribution in [-0.4, -0.2) is 12.1 Å². The maximum Gasteiger partial charge on any atom is 0.412 e. The summed E-state index contributed by atoms with van der Waals surface area (Å²) >= 11 is 0. The molecule has 1 N–H and O–H groups in total. The van der Waals surface area contributed by atoms with E-state index in [0.717, 1.165) is 35.4 Å². The lowest BCUT2D eigenvalue weighted by atomic mass is 10.0. The second-order valence-electron chi connectivity index (χ2n) is 5.58. The summed E-state index contributed by atoms with van der Waals surface area (Å²) in [6.45, 7) is 1.92. The lowest BCUT2D eigenvalue weighted by Crippen LogP contribution is -2.38. The fraction of sp³-hybridized carbons (Fsp3) is 0.278. The monoisotopic (exact) mass is 339 g/mol. The summed E-state index contributed by atoms with van der Waals surface area (Å²) in [5, 5.41) is 1.99. The van der Waals surface area contributed by atoms with E-state index < -0.39 is 23.9 Å². The highest BCUT2D eigenvalue weighted by molar-refractivity contribution is 5.76. The molecular weight excluding hydrogens is 322 g/mol. The number of amides is 1. The number of benzene rings is 2. The molecule has 6 heteroatoms. The van der Waals surface area contributed by atoms with Crippen molar-refractivity contribution in [2.45, 2.75) is 32.0 Å². The molecule has 0 heterocycles. The van der Waals surface area contributed by atoms with Gasteiger partial charge in [-0.25, -0.2) is 4.39 Å². The molecular formula is C18H17F4NO. The van der Waals surface area contributed by atoms with Crippen LogP contribution in [0.15, 0.2) is 48.5 Å². The molecule has 0 saturated heterocycles. The fourth-order valence-corrected chi connectivity index (χ4v) is 2.26. The predicted molar refractivity (Wildman–Crippen MR) is 82.8 cm³/mol. The van der Waals surface area contributed by atoms with Crippen molar-refractivity contribution in [2.24, 2.45) is 0 Å². The Labute approximate surface area is 137 Å². The standard InChI is InChI=1S/C18H17F4NO/c1-12-2-4-13(5-3-12)6-11-16(24)23-17(18(20,21)22)14-7-9-15(19)10-8-14/h2-5,7-10,17H,6,11H2,1H3,(H,23,24). The smallest absolute Gasteiger partial charge is 0.341 e. The van der Waals surface area contributed by atoms with Crippen molar-refractivity contribution >= 4 is 5.91 Å². The van der Waals surface area contributed by atoms with Crippen LogP contribution in [0.25, 0.3) is 0 Å². The van der Waals surface area contributed by atoms with Gasteiger partial charge in [-0.15, -0.1) is 0 Å². The second-order valence-corrected chi connectivity index (χ2v) is 5.58. The Morgan fingerprint density at radius 1 is 1.04 bits per heavy atom. The molecule has 2 nitrogen and oxygen atoms in total. The van der Waals surface area contributed by atoms with E-state index >= 15 is 0 Å². The van der Waals surface area contributed by atoms with Crippen LogP contribution in [0.5, 0.6) is 0 Å². The number of nitrogens with one attached hydrogen (secondary N) is 1. The van der Waals surface area contributed by atoms with Crippen molar-refractivity contribution in [2.75, 3.05) is 0 Å². The van der Waals surface area contributed by atoms with Gasteiger partial charge in [0.15, 0.2) is 6.04 Å². The van der Waals surface area contributed by atoms with E-state index in [-0.39, 0.29) is 12.0 Å². The molecule has 1 unspecified atom stereocenters. The van der Waals surface area contributed by atoms with Crippen molar-refractivity contribution in [3.8, 4) is 0 Å². The first-order valence-electron chi connectivity index (χ1n) is 7.43. The Hall–Kier alpha value is -2.37. The van der Waals surface area contributed by atoms with Gasteiger partial charge in [0.05, 0.1) is 0 Å². The molecule has 0 bridgehead atoms. The van der Waals surface area contributed by atoms with E-state index in [2.05, 4.69) is 0 Å². The largest absolute Gasteiger partial charge is 0.412 e. The molecule has 0 aliphatic carbocycles. The molecule has 2 rings (SSSR count). The average Bonchev–Trinajstić information content (AvgIpc) is 2.52. The van der Waals surface area contributed by atoms with E-state index in [1.807, 2.05) is 36.5 Å². The lowest BCUT2D eigenvalue weighted by Gasteiger charge is -2.22. The van der Waals surface area contributed by atoms with Crippen molar-refractivity contribution < 1.29 is 22.4 Å². The van der Waals surface area contributed by atoms with E-state index in [0.29, 0.717) is 6.42 Å². The molecule has 0 aliphatic rings. The van der Waals surface area contributed by atoms with Crippen LogP contribution in [0, 0.1) is 12.7 Å². The number of halogens is 4. The first-order chi connectivity index (χ1) is 11.3. The maximum absolute atomic E-state index is 13.2. The highest BCUT2D eigenvalue weighted by atomic mass is 19.4. The molecule has 1 atom stereocenters. The minimum absolute atomic E-state index is 0.0587. The minimum Gasteiger partial charge on any atom is -0.341 e. The fourth-order valence-electron chi connectivity index (χ4n) is 2.26. The number of aryl methyl sites for hydroxylation is 2. The Morgan fingerprint density at radius 3 is 2.17 bits per heavy atom. The summed E-state index contributed by atoms with van der Waals surface area (Å²) in [7, 11) is 0. The highest BCUT2D eigenvalue weighted by Gasteiger charge is 2.41. The first kappa shape index (κ1) is 18.0. The van der Waals surface area contributed by atoms with E-state index in [1.54, 1.807) is 0 Å². The molecule has 24 heavy (non-hydrogen) atoms. The molecule has 2 aromatic carbocycles. The Kier molecular flexibility index (Phi) is 5.59. The van der Waals surface area contributed by atoms with Gasteiger partial charge in [-0.3, -0.25) is 4.79 Å². The molecule has 2 aromatic rings. The SMILES string of the molecule is Cc1ccc(CCC(=O)NC(c2ccc(F)cc2)C(F)(F)F)cc1. The van der Waals surface area contributed by atoms with Gasteiger partial charge in [-0.1, -0.05) is 42.0 Å². The Balaban J connectivity index is 2.02. The van der Waals surface area contributed by atoms with Crippen LogP contribution in [0.4, 0.5) is 17.6 Å². The van der Waals surface area contributed by atoms with Gasteiger partial charge in [0, 0.05) is 6.42 Å². The van der Waals surface area contributed by atoms with Crippen LogP contribution >= 0.6 is 0 Å². The van der Waals surface area contributed by atoms with Gasteiger partial charge < -0.3 is 5.32 Å². The van der Waals surface area contributed by atoms with Crippen molar-refractivity contribution in [1.82, 2.24) is 5.32 Å². The predicted octanol–water partition coefficient (Wildman–Crippen LogP) is 4.49. The number of hydrogen-bond donors (Lipinski definition) is 1. The average molecular weight is 339 g/mol. The van der Waals surface area contributed by atoms with E-state index in [4.69, 9.17) is 0 Å². The van der Waals surface area contributed by atoms with Gasteiger partial charge in [0.2, 0.25) is 5.91 Å². The summed E-state index contributed by atoms with van der Waals surface area (Å²) in [6.07, 6.45) is -4.37. The van der Waals surface area contributed by atoms with Crippen molar-refractivity contribution in [1.29, 1.82) is 0 Å². The topological polar surface area (TPSA) is 29.1 Å². The molecule has 0 radical (unpaired) electrons. The van der Waals surface area contributed by atoms with Gasteiger partial charge in [0.1, 0.15) is 5.82 Å². The Bertz CT molecular complexity index is 678. The molecule has 0 spiro atoms. The number of hydrogen-bond acceptors (Lipinski definition) is 1. The summed E-state index contributed by atoms with van der Waals surface area (Å²) in [5.74, 6) is -1.34. The first-order valence-corrected chi connectivity index (χ1v) is 7.43. The normalized spacial score (nSPS) is 12.7. The summed E-state index contributed by atoms with van der Waals surface area (Å²) in [5.41, 5.74) is 1.74. The zero-order chi connectivity index (χ0) is 17.7. The molecule has 0 aliphatic heterocycles. The Morgan fingerprint density at radius 2 is 1.62 bits per heavy atom. The van der Waals surface area contributed by atoms with Crippen LogP contribution in [0.3, 0.4) is 0 Å². The molecule has 128 valence electrons. The summed E-state index contributed by atoms with van der Waals surface area (Å²) in [4.78, 5) is 11.9. The third kappa shape index (κ3) is 5.08. The number of carbonyl (C=O) groups is 1. The maximum atomic E-state index is 13.2. The zero-order valence-corrected chi connectivity index (χ0v) is 13.0. The van der Waals surface area contributed by atoms with Crippen LogP contribution in [0.1, 0.15) is 29.2 Å². The summed E-state index contributed by atoms with van der Waals surface area (Å²) < 4.78 is 52.4. The minimum atomic E-state index is -4.66.